The Hall–Kier alpha value is -0.600. The van der Waals surface area contributed by atoms with E-state index in [4.69, 9.17) is 11.6 Å². The van der Waals surface area contributed by atoms with Gasteiger partial charge in [0.1, 0.15) is 5.82 Å². The molecule has 2 rings (SSSR count). The summed E-state index contributed by atoms with van der Waals surface area (Å²) in [5.74, 6) is 1.30. The highest BCUT2D eigenvalue weighted by atomic mass is 35.5. The van der Waals surface area contributed by atoms with Crippen molar-refractivity contribution in [2.24, 2.45) is 11.8 Å². The van der Waals surface area contributed by atoms with Crippen molar-refractivity contribution in [3.8, 4) is 0 Å². The van der Waals surface area contributed by atoms with E-state index in [0.717, 1.165) is 36.8 Å². The molecule has 3 heteroatoms. The van der Waals surface area contributed by atoms with Crippen molar-refractivity contribution < 1.29 is 4.39 Å². The van der Waals surface area contributed by atoms with Gasteiger partial charge >= 0.3 is 0 Å². The fraction of sp³-hybridized carbons (Fsp3) is 0.600. The van der Waals surface area contributed by atoms with Crippen LogP contribution in [-0.2, 0) is 6.42 Å². The van der Waals surface area contributed by atoms with Crippen LogP contribution < -0.4 is 5.32 Å². The predicted octanol–water partition coefficient (Wildman–Crippen LogP) is 4.05. The van der Waals surface area contributed by atoms with Crippen molar-refractivity contribution >= 4 is 11.6 Å². The van der Waals surface area contributed by atoms with Crippen LogP contribution in [0.1, 0.15) is 32.3 Å². The molecule has 0 aromatic heterocycles. The predicted molar refractivity (Wildman–Crippen MR) is 74.5 cm³/mol. The Bertz CT molecular complexity index is 407. The van der Waals surface area contributed by atoms with Gasteiger partial charge in [-0.2, -0.15) is 0 Å². The van der Waals surface area contributed by atoms with Crippen molar-refractivity contribution in [3.05, 3.63) is 34.6 Å². The van der Waals surface area contributed by atoms with E-state index in [1.165, 1.54) is 12.5 Å². The second-order valence-electron chi connectivity index (χ2n) is 5.38. The van der Waals surface area contributed by atoms with E-state index in [1.54, 1.807) is 12.1 Å². The van der Waals surface area contributed by atoms with E-state index in [0.29, 0.717) is 11.1 Å². The molecule has 1 nitrogen and oxygen atoms in total. The molecule has 1 aliphatic carbocycles. The van der Waals surface area contributed by atoms with Crippen LogP contribution in [0.5, 0.6) is 0 Å². The van der Waals surface area contributed by atoms with E-state index in [9.17, 15) is 4.39 Å². The van der Waals surface area contributed by atoms with Crippen molar-refractivity contribution in [1.29, 1.82) is 0 Å². The first-order valence-electron chi connectivity index (χ1n) is 6.79. The minimum Gasteiger partial charge on any atom is -0.313 e. The van der Waals surface area contributed by atoms with Crippen molar-refractivity contribution in [1.82, 2.24) is 5.32 Å². The molecule has 1 aliphatic rings. The molecule has 0 heterocycles. The van der Waals surface area contributed by atoms with Crippen molar-refractivity contribution in [2.75, 3.05) is 6.54 Å². The van der Waals surface area contributed by atoms with Gasteiger partial charge in [-0.25, -0.2) is 4.39 Å². The van der Waals surface area contributed by atoms with Crippen LogP contribution >= 0.6 is 11.6 Å². The fourth-order valence-corrected chi connectivity index (χ4v) is 2.75. The summed E-state index contributed by atoms with van der Waals surface area (Å²) in [5.41, 5.74) is 0.921. The zero-order valence-corrected chi connectivity index (χ0v) is 11.8. The van der Waals surface area contributed by atoms with Gasteiger partial charge in [-0.15, -0.1) is 0 Å². The molecule has 0 saturated heterocycles. The molecule has 1 fully saturated rings. The van der Waals surface area contributed by atoms with Crippen LogP contribution in [0.15, 0.2) is 18.2 Å². The summed E-state index contributed by atoms with van der Waals surface area (Å²) < 4.78 is 13.3. The van der Waals surface area contributed by atoms with Gasteiger partial charge in [-0.3, -0.25) is 0 Å². The third-order valence-corrected chi connectivity index (χ3v) is 4.16. The lowest BCUT2D eigenvalue weighted by Crippen LogP contribution is -2.34. The monoisotopic (exact) mass is 269 g/mol. The van der Waals surface area contributed by atoms with Gasteiger partial charge in [0.2, 0.25) is 0 Å². The van der Waals surface area contributed by atoms with Gasteiger partial charge in [0.25, 0.3) is 0 Å². The third-order valence-electron chi connectivity index (χ3n) is 3.79. The first-order chi connectivity index (χ1) is 8.61. The molecule has 3 unspecified atom stereocenters. The molecular formula is C15H21ClFN. The Kier molecular flexibility index (Phi) is 4.63. The molecule has 100 valence electrons. The Labute approximate surface area is 114 Å². The van der Waals surface area contributed by atoms with Crippen LogP contribution in [0.3, 0.4) is 0 Å². The molecule has 0 radical (unpaired) electrons. The Balaban J connectivity index is 2.05. The molecule has 18 heavy (non-hydrogen) atoms. The van der Waals surface area contributed by atoms with Crippen molar-refractivity contribution in [2.45, 2.75) is 39.2 Å². The maximum atomic E-state index is 13.3. The smallest absolute Gasteiger partial charge is 0.123 e. The first-order valence-corrected chi connectivity index (χ1v) is 7.17. The maximum Gasteiger partial charge on any atom is 0.123 e. The van der Waals surface area contributed by atoms with Crippen LogP contribution in [-0.4, -0.2) is 12.6 Å². The first kappa shape index (κ1) is 13.8. The van der Waals surface area contributed by atoms with Crippen LogP contribution in [0.2, 0.25) is 5.02 Å². The van der Waals surface area contributed by atoms with Gasteiger partial charge in [-0.1, -0.05) is 25.4 Å². The van der Waals surface area contributed by atoms with Gasteiger partial charge in [0, 0.05) is 11.1 Å². The summed E-state index contributed by atoms with van der Waals surface area (Å²) in [6, 6.07) is 5.06. The standard InChI is InChI=1S/C15H21ClFN/c1-3-6-18-15(13-7-10(13)2)9-11-8-12(17)4-5-14(11)16/h4-5,8,10,13,15,18H,3,6-7,9H2,1-2H3. The number of halogens is 2. The van der Waals surface area contributed by atoms with E-state index in [2.05, 4.69) is 19.2 Å². The average molecular weight is 270 g/mol. The second-order valence-corrected chi connectivity index (χ2v) is 5.78. The van der Waals surface area contributed by atoms with Gasteiger partial charge in [0.15, 0.2) is 0 Å². The zero-order valence-electron chi connectivity index (χ0n) is 11.0. The zero-order chi connectivity index (χ0) is 13.1. The lowest BCUT2D eigenvalue weighted by atomic mass is 10.0. The van der Waals surface area contributed by atoms with Gasteiger partial charge in [-0.05, 0) is 61.4 Å². The highest BCUT2D eigenvalue weighted by Crippen LogP contribution is 2.41. The van der Waals surface area contributed by atoms with Crippen LogP contribution in [0.25, 0.3) is 0 Å². The molecule has 1 aromatic carbocycles. The van der Waals surface area contributed by atoms with Gasteiger partial charge < -0.3 is 5.32 Å². The molecule has 1 N–H and O–H groups in total. The Morgan fingerprint density at radius 3 is 2.83 bits per heavy atom. The fourth-order valence-electron chi connectivity index (χ4n) is 2.55. The molecule has 3 atom stereocenters. The lowest BCUT2D eigenvalue weighted by molar-refractivity contribution is 0.443. The largest absolute Gasteiger partial charge is 0.313 e. The number of hydrogen-bond acceptors (Lipinski definition) is 1. The normalized spacial score (nSPS) is 24.0. The van der Waals surface area contributed by atoms with Crippen LogP contribution in [0, 0.1) is 17.7 Å². The molecular weight excluding hydrogens is 249 g/mol. The number of nitrogens with one attached hydrogen (secondary N) is 1. The minimum absolute atomic E-state index is 0.201. The number of benzene rings is 1. The maximum absolute atomic E-state index is 13.3. The second kappa shape index (κ2) is 6.03. The molecule has 1 saturated carbocycles. The molecule has 0 aliphatic heterocycles. The number of rotatable bonds is 6. The van der Waals surface area contributed by atoms with Gasteiger partial charge in [0.05, 0.1) is 0 Å². The third kappa shape index (κ3) is 3.46. The van der Waals surface area contributed by atoms with E-state index < -0.39 is 0 Å². The van der Waals surface area contributed by atoms with Crippen LogP contribution in [0.4, 0.5) is 4.39 Å². The molecule has 0 spiro atoms. The summed E-state index contributed by atoms with van der Waals surface area (Å²) in [5, 5.41) is 4.25. The van der Waals surface area contributed by atoms with E-state index in [1.807, 2.05) is 0 Å². The average Bonchev–Trinajstić information content (AvgIpc) is 3.06. The van der Waals surface area contributed by atoms with Crippen molar-refractivity contribution in [3.63, 3.8) is 0 Å². The highest BCUT2D eigenvalue weighted by molar-refractivity contribution is 6.31. The highest BCUT2D eigenvalue weighted by Gasteiger charge is 2.39. The minimum atomic E-state index is -0.201. The summed E-state index contributed by atoms with van der Waals surface area (Å²) in [4.78, 5) is 0. The number of hydrogen-bond donors (Lipinski definition) is 1. The SMILES string of the molecule is CCCNC(Cc1cc(F)ccc1Cl)C1CC1C. The molecule has 1 aromatic rings. The van der Waals surface area contributed by atoms with E-state index >= 15 is 0 Å². The summed E-state index contributed by atoms with van der Waals surface area (Å²) in [6.45, 7) is 5.45. The quantitative estimate of drug-likeness (QED) is 0.822. The Morgan fingerprint density at radius 2 is 2.22 bits per heavy atom. The Morgan fingerprint density at radius 1 is 1.50 bits per heavy atom. The molecule has 0 bridgehead atoms. The summed E-state index contributed by atoms with van der Waals surface area (Å²) in [6.07, 6.45) is 3.22. The van der Waals surface area contributed by atoms with E-state index in [-0.39, 0.29) is 5.82 Å². The summed E-state index contributed by atoms with van der Waals surface area (Å²) in [7, 11) is 0. The summed E-state index contributed by atoms with van der Waals surface area (Å²) >= 11 is 6.14. The lowest BCUT2D eigenvalue weighted by Gasteiger charge is -2.19. The molecule has 0 amide bonds. The topological polar surface area (TPSA) is 12.0 Å².